The SMILES string of the molecule is CC(C)C(NCc1nnnn1-c1ccccc1)c1ccc2c(c1)OCCO2. The molecule has 27 heavy (non-hydrogen) atoms. The zero-order valence-corrected chi connectivity index (χ0v) is 15.5. The van der Waals surface area contributed by atoms with Crippen molar-refractivity contribution in [3.63, 3.8) is 0 Å². The van der Waals surface area contributed by atoms with E-state index in [9.17, 15) is 0 Å². The van der Waals surface area contributed by atoms with Crippen LogP contribution in [0.3, 0.4) is 0 Å². The van der Waals surface area contributed by atoms with Crippen LogP contribution in [-0.4, -0.2) is 33.4 Å². The van der Waals surface area contributed by atoms with Gasteiger partial charge in [-0.3, -0.25) is 0 Å². The minimum atomic E-state index is 0.141. The molecular formula is C20H23N5O2. The van der Waals surface area contributed by atoms with Gasteiger partial charge in [-0.15, -0.1) is 5.10 Å². The Labute approximate surface area is 158 Å². The van der Waals surface area contributed by atoms with Crippen molar-refractivity contribution in [2.75, 3.05) is 13.2 Å². The first-order valence-corrected chi connectivity index (χ1v) is 9.18. The number of benzene rings is 2. The third kappa shape index (κ3) is 3.78. The van der Waals surface area contributed by atoms with Crippen molar-refractivity contribution >= 4 is 0 Å². The summed E-state index contributed by atoms with van der Waals surface area (Å²) in [7, 11) is 0. The predicted octanol–water partition coefficient (Wildman–Crippen LogP) is 2.92. The second-order valence-electron chi connectivity index (χ2n) is 6.85. The molecule has 0 amide bonds. The molecule has 1 N–H and O–H groups in total. The van der Waals surface area contributed by atoms with Gasteiger partial charge < -0.3 is 14.8 Å². The second kappa shape index (κ2) is 7.75. The standard InChI is InChI=1S/C20H23N5O2/c1-14(2)20(15-8-9-17-18(12-15)27-11-10-26-17)21-13-19-22-23-24-25(19)16-6-4-3-5-7-16/h3-9,12,14,20-21H,10-11,13H2,1-2H3. The van der Waals surface area contributed by atoms with E-state index in [1.807, 2.05) is 36.4 Å². The van der Waals surface area contributed by atoms with Crippen LogP contribution in [0.2, 0.25) is 0 Å². The third-order valence-electron chi connectivity index (χ3n) is 4.61. The highest BCUT2D eigenvalue weighted by Crippen LogP contribution is 2.34. The average molecular weight is 365 g/mol. The van der Waals surface area contributed by atoms with Gasteiger partial charge in [0.05, 0.1) is 12.2 Å². The van der Waals surface area contributed by atoms with Gasteiger partial charge in [-0.2, -0.15) is 4.68 Å². The van der Waals surface area contributed by atoms with Crippen LogP contribution in [0.25, 0.3) is 5.69 Å². The van der Waals surface area contributed by atoms with Gasteiger partial charge in [0.2, 0.25) is 0 Å². The molecule has 2 aromatic carbocycles. The molecule has 7 nitrogen and oxygen atoms in total. The van der Waals surface area contributed by atoms with Gasteiger partial charge in [-0.1, -0.05) is 38.1 Å². The monoisotopic (exact) mass is 365 g/mol. The van der Waals surface area contributed by atoms with Gasteiger partial charge in [0.1, 0.15) is 13.2 Å². The van der Waals surface area contributed by atoms with Gasteiger partial charge in [0.15, 0.2) is 17.3 Å². The molecule has 1 atom stereocenters. The Hall–Kier alpha value is -2.93. The number of hydrogen-bond donors (Lipinski definition) is 1. The van der Waals surface area contributed by atoms with E-state index in [1.165, 1.54) is 0 Å². The third-order valence-corrected chi connectivity index (χ3v) is 4.61. The number of aromatic nitrogens is 4. The maximum absolute atomic E-state index is 5.73. The lowest BCUT2D eigenvalue weighted by molar-refractivity contribution is 0.171. The van der Waals surface area contributed by atoms with Crippen LogP contribution < -0.4 is 14.8 Å². The number of ether oxygens (including phenoxy) is 2. The summed E-state index contributed by atoms with van der Waals surface area (Å²) in [6, 6.07) is 16.2. The first kappa shape index (κ1) is 17.5. The fourth-order valence-electron chi connectivity index (χ4n) is 3.28. The molecule has 140 valence electrons. The Morgan fingerprint density at radius 3 is 2.59 bits per heavy atom. The molecule has 3 aromatic rings. The number of para-hydroxylation sites is 1. The highest BCUT2D eigenvalue weighted by Gasteiger charge is 2.20. The summed E-state index contributed by atoms with van der Waals surface area (Å²) in [5, 5.41) is 15.7. The predicted molar refractivity (Wildman–Crippen MR) is 101 cm³/mol. The van der Waals surface area contributed by atoms with Crippen LogP contribution in [-0.2, 0) is 6.54 Å². The summed E-state index contributed by atoms with van der Waals surface area (Å²) in [5.74, 6) is 2.76. The minimum Gasteiger partial charge on any atom is -0.486 e. The Morgan fingerprint density at radius 1 is 1.04 bits per heavy atom. The first-order valence-electron chi connectivity index (χ1n) is 9.18. The van der Waals surface area contributed by atoms with E-state index >= 15 is 0 Å². The van der Waals surface area contributed by atoms with E-state index < -0.39 is 0 Å². The molecule has 2 heterocycles. The summed E-state index contributed by atoms with van der Waals surface area (Å²) in [6.07, 6.45) is 0. The summed E-state index contributed by atoms with van der Waals surface area (Å²) in [5.41, 5.74) is 2.10. The Kier molecular flexibility index (Phi) is 5.02. The minimum absolute atomic E-state index is 0.141. The quantitative estimate of drug-likeness (QED) is 0.724. The van der Waals surface area contributed by atoms with E-state index in [2.05, 4.69) is 46.8 Å². The molecule has 0 aliphatic carbocycles. The van der Waals surface area contributed by atoms with Crippen molar-refractivity contribution < 1.29 is 9.47 Å². The van der Waals surface area contributed by atoms with Crippen molar-refractivity contribution in [2.24, 2.45) is 5.92 Å². The number of tetrazole rings is 1. The van der Waals surface area contributed by atoms with Gasteiger partial charge in [-0.25, -0.2) is 0 Å². The smallest absolute Gasteiger partial charge is 0.170 e. The van der Waals surface area contributed by atoms with Crippen molar-refractivity contribution in [3.05, 3.63) is 59.9 Å². The largest absolute Gasteiger partial charge is 0.486 e. The molecule has 1 aliphatic rings. The van der Waals surface area contributed by atoms with E-state index in [0.29, 0.717) is 25.7 Å². The van der Waals surface area contributed by atoms with Crippen LogP contribution in [0.1, 0.15) is 31.3 Å². The molecule has 7 heteroatoms. The molecule has 1 unspecified atom stereocenters. The van der Waals surface area contributed by atoms with Crippen LogP contribution in [0, 0.1) is 5.92 Å². The zero-order chi connectivity index (χ0) is 18.6. The van der Waals surface area contributed by atoms with E-state index in [4.69, 9.17) is 9.47 Å². The molecule has 0 saturated carbocycles. The molecule has 0 bridgehead atoms. The summed E-state index contributed by atoms with van der Waals surface area (Å²) < 4.78 is 13.1. The second-order valence-corrected chi connectivity index (χ2v) is 6.85. The van der Waals surface area contributed by atoms with Crippen LogP contribution in [0.5, 0.6) is 11.5 Å². The normalized spacial score (nSPS) is 14.3. The first-order chi connectivity index (χ1) is 13.2. The van der Waals surface area contributed by atoms with Gasteiger partial charge in [0.25, 0.3) is 0 Å². The lowest BCUT2D eigenvalue weighted by Crippen LogP contribution is -2.27. The topological polar surface area (TPSA) is 74.1 Å². The van der Waals surface area contributed by atoms with E-state index in [0.717, 1.165) is 28.6 Å². The van der Waals surface area contributed by atoms with Crippen LogP contribution in [0.15, 0.2) is 48.5 Å². The van der Waals surface area contributed by atoms with Gasteiger partial charge in [0, 0.05) is 6.04 Å². The van der Waals surface area contributed by atoms with E-state index in [1.54, 1.807) is 4.68 Å². The van der Waals surface area contributed by atoms with Gasteiger partial charge in [-0.05, 0) is 46.2 Å². The van der Waals surface area contributed by atoms with E-state index in [-0.39, 0.29) is 6.04 Å². The maximum Gasteiger partial charge on any atom is 0.170 e. The molecule has 1 aromatic heterocycles. The molecule has 0 fully saturated rings. The molecule has 1 aliphatic heterocycles. The lowest BCUT2D eigenvalue weighted by atomic mass is 9.95. The number of fused-ring (bicyclic) bond motifs is 1. The van der Waals surface area contributed by atoms with Crippen LogP contribution >= 0.6 is 0 Å². The van der Waals surface area contributed by atoms with Crippen molar-refractivity contribution in [3.8, 4) is 17.2 Å². The maximum atomic E-state index is 5.73. The number of nitrogens with zero attached hydrogens (tertiary/aromatic N) is 4. The van der Waals surface area contributed by atoms with Crippen LogP contribution in [0.4, 0.5) is 0 Å². The van der Waals surface area contributed by atoms with Gasteiger partial charge >= 0.3 is 0 Å². The molecule has 0 saturated heterocycles. The number of rotatable bonds is 6. The molecule has 0 radical (unpaired) electrons. The summed E-state index contributed by atoms with van der Waals surface area (Å²) in [4.78, 5) is 0. The van der Waals surface area contributed by atoms with Crippen molar-refractivity contribution in [1.82, 2.24) is 25.5 Å². The summed E-state index contributed by atoms with van der Waals surface area (Å²) >= 11 is 0. The lowest BCUT2D eigenvalue weighted by Gasteiger charge is -2.25. The summed E-state index contributed by atoms with van der Waals surface area (Å²) in [6.45, 7) is 6.12. The fourth-order valence-corrected chi connectivity index (χ4v) is 3.28. The number of nitrogens with one attached hydrogen (secondary N) is 1. The molecule has 4 rings (SSSR count). The highest BCUT2D eigenvalue weighted by atomic mass is 16.6. The highest BCUT2D eigenvalue weighted by molar-refractivity contribution is 5.44. The van der Waals surface area contributed by atoms with Crippen molar-refractivity contribution in [1.29, 1.82) is 0 Å². The molecule has 0 spiro atoms. The Morgan fingerprint density at radius 2 is 1.81 bits per heavy atom. The zero-order valence-electron chi connectivity index (χ0n) is 15.5. The fraction of sp³-hybridized carbons (Fsp3) is 0.350. The average Bonchev–Trinajstić information content (AvgIpc) is 3.17. The Bertz CT molecular complexity index is 894. The number of hydrogen-bond acceptors (Lipinski definition) is 6. The Balaban J connectivity index is 1.53. The van der Waals surface area contributed by atoms with Crippen molar-refractivity contribution in [2.45, 2.75) is 26.4 Å². The molecular weight excluding hydrogens is 342 g/mol.